The summed E-state index contributed by atoms with van der Waals surface area (Å²) in [6, 6.07) is 15.4. The maximum absolute atomic E-state index is 12.1. The molecular weight excluding hydrogens is 316 g/mol. The number of rotatable bonds is 3. The zero-order chi connectivity index (χ0) is 15.5. The molecule has 1 heterocycles. The fourth-order valence-corrected chi connectivity index (χ4v) is 3.41. The van der Waals surface area contributed by atoms with Crippen LogP contribution < -0.4 is 5.32 Å². The van der Waals surface area contributed by atoms with Gasteiger partial charge in [-0.3, -0.25) is 4.79 Å². The van der Waals surface area contributed by atoms with Gasteiger partial charge in [0.05, 0.1) is 10.9 Å². The minimum Gasteiger partial charge on any atom is -0.304 e. The molecule has 1 atom stereocenters. The number of thioether (sulfide) groups is 1. The van der Waals surface area contributed by atoms with Crippen molar-refractivity contribution >= 4 is 40.1 Å². The molecule has 22 heavy (non-hydrogen) atoms. The molecule has 1 fully saturated rings. The Morgan fingerprint density at radius 3 is 2.64 bits per heavy atom. The van der Waals surface area contributed by atoms with Crippen LogP contribution in [0.5, 0.6) is 0 Å². The van der Waals surface area contributed by atoms with Crippen LogP contribution in [0.15, 0.2) is 53.5 Å². The number of nitrogens with zero attached hydrogens (tertiary/aromatic N) is 1. The summed E-state index contributed by atoms with van der Waals surface area (Å²) in [6.07, 6.45) is 0.711. The number of nitrogens with one attached hydrogen (secondary N) is 1. The number of aliphatic imine (C=N–C) groups is 1. The van der Waals surface area contributed by atoms with Crippen molar-refractivity contribution in [2.45, 2.75) is 18.6 Å². The monoisotopic (exact) mass is 330 g/mol. The van der Waals surface area contributed by atoms with E-state index in [4.69, 9.17) is 11.6 Å². The van der Waals surface area contributed by atoms with E-state index in [1.54, 1.807) is 12.1 Å². The number of halogens is 1. The summed E-state index contributed by atoms with van der Waals surface area (Å²) in [5.74, 6) is 0.0148. The van der Waals surface area contributed by atoms with E-state index in [9.17, 15) is 4.79 Å². The molecular formula is C17H15ClN2OS. The molecule has 1 unspecified atom stereocenters. The molecule has 3 nitrogen and oxygen atoms in total. The Labute approximate surface area is 138 Å². The van der Waals surface area contributed by atoms with Crippen molar-refractivity contribution in [3.8, 4) is 0 Å². The van der Waals surface area contributed by atoms with Crippen molar-refractivity contribution in [2.24, 2.45) is 4.99 Å². The van der Waals surface area contributed by atoms with Crippen LogP contribution in [0.2, 0.25) is 5.02 Å². The van der Waals surface area contributed by atoms with Crippen molar-refractivity contribution < 1.29 is 4.79 Å². The van der Waals surface area contributed by atoms with Crippen molar-refractivity contribution in [3.63, 3.8) is 0 Å². The van der Waals surface area contributed by atoms with Crippen LogP contribution in [-0.4, -0.2) is 16.3 Å². The zero-order valence-electron chi connectivity index (χ0n) is 12.0. The highest BCUT2D eigenvalue weighted by Crippen LogP contribution is 2.27. The standard InChI is InChI=1S/C17H15ClN2OS/c1-11-4-2-3-5-12(11)10-15-16(21)20-17(22-15)19-14-8-6-13(18)7-9-14/h2-9,15H,10H2,1H3,(H,19,20,21). The van der Waals surface area contributed by atoms with Gasteiger partial charge in [-0.15, -0.1) is 0 Å². The zero-order valence-corrected chi connectivity index (χ0v) is 13.6. The molecule has 0 radical (unpaired) electrons. The molecule has 0 spiro atoms. The van der Waals surface area contributed by atoms with Crippen molar-refractivity contribution in [1.29, 1.82) is 0 Å². The molecule has 0 aliphatic carbocycles. The van der Waals surface area contributed by atoms with E-state index >= 15 is 0 Å². The Morgan fingerprint density at radius 1 is 1.18 bits per heavy atom. The van der Waals surface area contributed by atoms with Crippen LogP contribution in [0.3, 0.4) is 0 Å². The highest BCUT2D eigenvalue weighted by atomic mass is 35.5. The molecule has 1 amide bonds. The third kappa shape index (κ3) is 3.51. The predicted octanol–water partition coefficient (Wildman–Crippen LogP) is 4.11. The quantitative estimate of drug-likeness (QED) is 0.920. The normalized spacial score (nSPS) is 19.5. The molecule has 2 aromatic carbocycles. The van der Waals surface area contributed by atoms with Gasteiger partial charge in [0.2, 0.25) is 5.91 Å². The number of amides is 1. The van der Waals surface area contributed by atoms with Gasteiger partial charge < -0.3 is 5.32 Å². The molecule has 3 rings (SSSR count). The number of carbonyl (C=O) groups is 1. The fraction of sp³-hybridized carbons (Fsp3) is 0.176. The molecule has 0 saturated carbocycles. The van der Waals surface area contributed by atoms with Gasteiger partial charge >= 0.3 is 0 Å². The van der Waals surface area contributed by atoms with E-state index in [2.05, 4.69) is 29.4 Å². The van der Waals surface area contributed by atoms with E-state index in [1.807, 2.05) is 24.3 Å². The summed E-state index contributed by atoms with van der Waals surface area (Å²) in [5.41, 5.74) is 3.19. The summed E-state index contributed by atoms with van der Waals surface area (Å²) in [4.78, 5) is 16.6. The second-order valence-corrected chi connectivity index (χ2v) is 6.75. The van der Waals surface area contributed by atoms with E-state index in [1.165, 1.54) is 22.9 Å². The Morgan fingerprint density at radius 2 is 1.91 bits per heavy atom. The molecule has 1 saturated heterocycles. The van der Waals surface area contributed by atoms with E-state index < -0.39 is 0 Å². The SMILES string of the molecule is Cc1ccccc1CC1SC(=Nc2ccc(Cl)cc2)NC1=O. The van der Waals surface area contributed by atoms with Gasteiger partial charge in [-0.2, -0.15) is 0 Å². The number of amidine groups is 1. The van der Waals surface area contributed by atoms with E-state index in [0.717, 1.165) is 5.69 Å². The number of hydrogen-bond donors (Lipinski definition) is 1. The summed E-state index contributed by atoms with van der Waals surface area (Å²) in [6.45, 7) is 2.07. The van der Waals surface area contributed by atoms with Gasteiger partial charge in [-0.25, -0.2) is 4.99 Å². The molecule has 5 heteroatoms. The smallest absolute Gasteiger partial charge is 0.239 e. The molecule has 1 aliphatic rings. The first-order chi connectivity index (χ1) is 10.6. The highest BCUT2D eigenvalue weighted by Gasteiger charge is 2.30. The lowest BCUT2D eigenvalue weighted by Crippen LogP contribution is -2.26. The Kier molecular flexibility index (Phi) is 4.50. The topological polar surface area (TPSA) is 41.5 Å². The first kappa shape index (κ1) is 15.1. The summed E-state index contributed by atoms with van der Waals surface area (Å²) >= 11 is 7.33. The largest absolute Gasteiger partial charge is 0.304 e. The van der Waals surface area contributed by atoms with Gasteiger partial charge in [0.25, 0.3) is 0 Å². The van der Waals surface area contributed by atoms with Gasteiger partial charge in [0.1, 0.15) is 0 Å². The Balaban J connectivity index is 1.73. The second-order valence-electron chi connectivity index (χ2n) is 5.12. The minimum atomic E-state index is -0.132. The average Bonchev–Trinajstić information content (AvgIpc) is 2.84. The lowest BCUT2D eigenvalue weighted by molar-refractivity contribution is -0.118. The van der Waals surface area contributed by atoms with Crippen LogP contribution in [0, 0.1) is 6.92 Å². The maximum atomic E-state index is 12.1. The van der Waals surface area contributed by atoms with E-state index in [-0.39, 0.29) is 11.2 Å². The number of aryl methyl sites for hydroxylation is 1. The second kappa shape index (κ2) is 6.55. The van der Waals surface area contributed by atoms with Crippen LogP contribution in [0.25, 0.3) is 0 Å². The van der Waals surface area contributed by atoms with E-state index in [0.29, 0.717) is 16.6 Å². The van der Waals surface area contributed by atoms with Crippen molar-refractivity contribution in [3.05, 3.63) is 64.7 Å². The van der Waals surface area contributed by atoms with Crippen LogP contribution in [0.1, 0.15) is 11.1 Å². The van der Waals surface area contributed by atoms with Crippen LogP contribution in [0.4, 0.5) is 5.69 Å². The molecule has 112 valence electrons. The first-order valence-corrected chi connectivity index (χ1v) is 8.24. The van der Waals surface area contributed by atoms with Gasteiger partial charge in [0, 0.05) is 5.02 Å². The first-order valence-electron chi connectivity index (χ1n) is 6.98. The third-order valence-electron chi connectivity index (χ3n) is 3.50. The van der Waals surface area contributed by atoms with Crippen molar-refractivity contribution in [1.82, 2.24) is 5.32 Å². The molecule has 2 aromatic rings. The van der Waals surface area contributed by atoms with Crippen LogP contribution >= 0.6 is 23.4 Å². The van der Waals surface area contributed by atoms with Gasteiger partial charge in [-0.05, 0) is 48.7 Å². The molecule has 1 N–H and O–H groups in total. The minimum absolute atomic E-state index is 0.0148. The lowest BCUT2D eigenvalue weighted by Gasteiger charge is -2.08. The van der Waals surface area contributed by atoms with Gasteiger partial charge in [0.15, 0.2) is 5.17 Å². The average molecular weight is 331 g/mol. The third-order valence-corrected chi connectivity index (χ3v) is 4.83. The summed E-state index contributed by atoms with van der Waals surface area (Å²) < 4.78 is 0. The fourth-order valence-electron chi connectivity index (χ4n) is 2.26. The number of carbonyl (C=O) groups excluding carboxylic acids is 1. The number of benzene rings is 2. The Bertz CT molecular complexity index is 728. The van der Waals surface area contributed by atoms with Crippen molar-refractivity contribution in [2.75, 3.05) is 0 Å². The summed E-state index contributed by atoms with van der Waals surface area (Å²) in [5, 5.41) is 4.03. The molecule has 1 aliphatic heterocycles. The Hall–Kier alpha value is -1.78. The maximum Gasteiger partial charge on any atom is 0.239 e. The van der Waals surface area contributed by atoms with Crippen LogP contribution in [-0.2, 0) is 11.2 Å². The number of hydrogen-bond acceptors (Lipinski definition) is 3. The summed E-state index contributed by atoms with van der Waals surface area (Å²) in [7, 11) is 0. The van der Waals surface area contributed by atoms with Gasteiger partial charge in [-0.1, -0.05) is 47.6 Å². The molecule has 0 bridgehead atoms. The predicted molar refractivity (Wildman–Crippen MR) is 93.0 cm³/mol. The highest BCUT2D eigenvalue weighted by molar-refractivity contribution is 8.15. The molecule has 0 aromatic heterocycles. The lowest BCUT2D eigenvalue weighted by atomic mass is 10.0.